The number of thioether (sulfide) groups is 1. The first-order valence-corrected chi connectivity index (χ1v) is 8.64. The van der Waals surface area contributed by atoms with Crippen molar-refractivity contribution in [3.05, 3.63) is 24.0 Å². The van der Waals surface area contributed by atoms with Crippen LogP contribution in [0.5, 0.6) is 0 Å². The van der Waals surface area contributed by atoms with Crippen LogP contribution >= 0.6 is 11.8 Å². The van der Waals surface area contributed by atoms with Crippen molar-refractivity contribution in [1.82, 2.24) is 10.3 Å². The second-order valence-corrected chi connectivity index (χ2v) is 5.61. The normalized spacial score (nSPS) is 10.3. The highest BCUT2D eigenvalue weighted by atomic mass is 32.2. The van der Waals surface area contributed by atoms with Crippen molar-refractivity contribution in [2.24, 2.45) is 0 Å². The van der Waals surface area contributed by atoms with Crippen LogP contribution in [-0.4, -0.2) is 36.0 Å². The minimum atomic E-state index is -0.117. The van der Waals surface area contributed by atoms with E-state index in [9.17, 15) is 4.79 Å². The van der Waals surface area contributed by atoms with Crippen LogP contribution in [0.3, 0.4) is 0 Å². The molecule has 5 heteroatoms. The molecule has 0 saturated heterocycles. The molecule has 1 aromatic rings. The highest BCUT2D eigenvalue weighted by Gasteiger charge is 2.05. The highest BCUT2D eigenvalue weighted by molar-refractivity contribution is 7.98. The molecular formula is C15H25N3OS. The Morgan fingerprint density at radius 3 is 2.85 bits per heavy atom. The summed E-state index contributed by atoms with van der Waals surface area (Å²) >= 11 is 1.91. The first kappa shape index (κ1) is 16.8. The van der Waals surface area contributed by atoms with Gasteiger partial charge in [-0.1, -0.05) is 12.8 Å². The molecule has 112 valence electrons. The molecule has 0 radical (unpaired) electrons. The van der Waals surface area contributed by atoms with Crippen LogP contribution in [0.2, 0.25) is 0 Å². The van der Waals surface area contributed by atoms with Crippen LogP contribution in [0.25, 0.3) is 0 Å². The summed E-state index contributed by atoms with van der Waals surface area (Å²) < 4.78 is 0. The minimum Gasteiger partial charge on any atom is -0.385 e. The summed E-state index contributed by atoms with van der Waals surface area (Å²) in [5.41, 5.74) is 1.43. The molecule has 1 rings (SSSR count). The van der Waals surface area contributed by atoms with Gasteiger partial charge in [-0.15, -0.1) is 0 Å². The van der Waals surface area contributed by atoms with Crippen molar-refractivity contribution in [3.8, 4) is 0 Å². The third-order valence-electron chi connectivity index (χ3n) is 2.93. The quantitative estimate of drug-likeness (QED) is 0.651. The van der Waals surface area contributed by atoms with E-state index < -0.39 is 0 Å². The molecule has 1 aromatic heterocycles. The molecule has 0 saturated carbocycles. The number of aromatic nitrogens is 1. The average Bonchev–Trinajstić information content (AvgIpc) is 2.47. The molecule has 0 unspecified atom stereocenters. The van der Waals surface area contributed by atoms with Crippen molar-refractivity contribution in [1.29, 1.82) is 0 Å². The Labute approximate surface area is 126 Å². The van der Waals surface area contributed by atoms with Crippen LogP contribution < -0.4 is 10.6 Å². The molecule has 1 heterocycles. The van der Waals surface area contributed by atoms with Gasteiger partial charge in [-0.05, 0) is 43.9 Å². The molecule has 0 aromatic carbocycles. The van der Waals surface area contributed by atoms with E-state index in [1.807, 2.05) is 24.8 Å². The number of anilines is 1. The number of carbonyl (C=O) groups is 1. The number of rotatable bonds is 10. The minimum absolute atomic E-state index is 0.117. The van der Waals surface area contributed by atoms with E-state index in [4.69, 9.17) is 0 Å². The number of carbonyl (C=O) groups excluding carboxylic acids is 1. The van der Waals surface area contributed by atoms with Crippen molar-refractivity contribution in [2.45, 2.75) is 32.6 Å². The monoisotopic (exact) mass is 295 g/mol. The zero-order valence-corrected chi connectivity index (χ0v) is 13.3. The van der Waals surface area contributed by atoms with E-state index in [-0.39, 0.29) is 5.91 Å². The Morgan fingerprint density at radius 1 is 1.30 bits per heavy atom. The highest BCUT2D eigenvalue weighted by Crippen LogP contribution is 2.09. The molecule has 0 aliphatic heterocycles. The van der Waals surface area contributed by atoms with Gasteiger partial charge in [-0.3, -0.25) is 9.78 Å². The Hall–Kier alpha value is -1.23. The van der Waals surface area contributed by atoms with Crippen molar-refractivity contribution < 1.29 is 4.79 Å². The van der Waals surface area contributed by atoms with Gasteiger partial charge in [0.15, 0.2) is 0 Å². The topological polar surface area (TPSA) is 54.0 Å². The van der Waals surface area contributed by atoms with Crippen LogP contribution in [0, 0.1) is 0 Å². The maximum atomic E-state index is 11.7. The standard InChI is InChI=1S/C15H25N3OS/c1-3-16-15(19)14-12-13(8-10-18-14)17-9-6-4-5-7-11-20-2/h8,10,12H,3-7,9,11H2,1-2H3,(H,16,19)(H,17,18). The molecule has 0 fully saturated rings. The number of pyridine rings is 1. The fourth-order valence-corrected chi connectivity index (χ4v) is 2.37. The van der Waals surface area contributed by atoms with Crippen LogP contribution in [0.1, 0.15) is 43.1 Å². The second-order valence-electron chi connectivity index (χ2n) is 4.62. The Bertz CT molecular complexity index is 398. The van der Waals surface area contributed by atoms with E-state index in [0.717, 1.165) is 18.7 Å². The van der Waals surface area contributed by atoms with Gasteiger partial charge in [0, 0.05) is 25.0 Å². The van der Waals surface area contributed by atoms with E-state index in [0.29, 0.717) is 12.2 Å². The number of nitrogens with zero attached hydrogens (tertiary/aromatic N) is 1. The Balaban J connectivity index is 2.26. The van der Waals surface area contributed by atoms with Gasteiger partial charge in [0.1, 0.15) is 5.69 Å². The lowest BCUT2D eigenvalue weighted by Crippen LogP contribution is -2.23. The van der Waals surface area contributed by atoms with Gasteiger partial charge in [0.25, 0.3) is 5.91 Å². The summed E-state index contributed by atoms with van der Waals surface area (Å²) in [7, 11) is 0. The molecule has 0 aliphatic carbocycles. The van der Waals surface area contributed by atoms with E-state index in [2.05, 4.69) is 21.9 Å². The number of unbranched alkanes of at least 4 members (excludes halogenated alkanes) is 3. The third kappa shape index (κ3) is 6.80. The summed E-state index contributed by atoms with van der Waals surface area (Å²) in [6, 6.07) is 3.70. The molecule has 0 atom stereocenters. The third-order valence-corrected chi connectivity index (χ3v) is 3.63. The average molecular weight is 295 g/mol. The van der Waals surface area contributed by atoms with Gasteiger partial charge in [-0.25, -0.2) is 0 Å². The molecule has 0 aliphatic rings. The first-order chi connectivity index (χ1) is 9.77. The predicted molar refractivity (Wildman–Crippen MR) is 87.6 cm³/mol. The lowest BCUT2D eigenvalue weighted by Gasteiger charge is -2.08. The summed E-state index contributed by atoms with van der Waals surface area (Å²) in [6.07, 6.45) is 8.83. The van der Waals surface area contributed by atoms with Crippen LogP contribution in [0.4, 0.5) is 5.69 Å². The van der Waals surface area contributed by atoms with E-state index in [1.165, 1.54) is 25.0 Å². The first-order valence-electron chi connectivity index (χ1n) is 7.25. The second kappa shape index (κ2) is 10.5. The lowest BCUT2D eigenvalue weighted by atomic mass is 10.2. The smallest absolute Gasteiger partial charge is 0.269 e. The molecule has 4 nitrogen and oxygen atoms in total. The zero-order valence-electron chi connectivity index (χ0n) is 12.4. The number of nitrogens with one attached hydrogen (secondary N) is 2. The number of amides is 1. The lowest BCUT2D eigenvalue weighted by molar-refractivity contribution is 0.0951. The van der Waals surface area contributed by atoms with Gasteiger partial charge < -0.3 is 10.6 Å². The van der Waals surface area contributed by atoms with Gasteiger partial charge in [0.05, 0.1) is 0 Å². The summed E-state index contributed by atoms with van der Waals surface area (Å²) in [4.78, 5) is 15.8. The fraction of sp³-hybridized carbons (Fsp3) is 0.600. The molecular weight excluding hydrogens is 270 g/mol. The largest absolute Gasteiger partial charge is 0.385 e. The maximum Gasteiger partial charge on any atom is 0.269 e. The number of hydrogen-bond acceptors (Lipinski definition) is 4. The van der Waals surface area contributed by atoms with Gasteiger partial charge >= 0.3 is 0 Å². The summed E-state index contributed by atoms with van der Waals surface area (Å²) in [5, 5.41) is 6.10. The van der Waals surface area contributed by atoms with E-state index >= 15 is 0 Å². The van der Waals surface area contributed by atoms with Crippen LogP contribution in [0.15, 0.2) is 18.3 Å². The van der Waals surface area contributed by atoms with Crippen molar-refractivity contribution >= 4 is 23.4 Å². The Morgan fingerprint density at radius 2 is 2.10 bits per heavy atom. The fourth-order valence-electron chi connectivity index (χ4n) is 1.87. The SMILES string of the molecule is CCNC(=O)c1cc(NCCCCCCSC)ccn1. The van der Waals surface area contributed by atoms with Gasteiger partial charge in [-0.2, -0.15) is 11.8 Å². The Kier molecular flexibility index (Phi) is 8.87. The molecule has 1 amide bonds. The molecule has 20 heavy (non-hydrogen) atoms. The predicted octanol–water partition coefficient (Wildman–Crippen LogP) is 3.17. The van der Waals surface area contributed by atoms with Gasteiger partial charge in [0.2, 0.25) is 0 Å². The number of hydrogen-bond donors (Lipinski definition) is 2. The van der Waals surface area contributed by atoms with Crippen LogP contribution in [-0.2, 0) is 0 Å². The van der Waals surface area contributed by atoms with Crippen molar-refractivity contribution in [3.63, 3.8) is 0 Å². The molecule has 0 bridgehead atoms. The maximum absolute atomic E-state index is 11.7. The molecule has 2 N–H and O–H groups in total. The molecule has 0 spiro atoms. The summed E-state index contributed by atoms with van der Waals surface area (Å²) in [5.74, 6) is 1.14. The summed E-state index contributed by atoms with van der Waals surface area (Å²) in [6.45, 7) is 3.46. The van der Waals surface area contributed by atoms with Crippen molar-refractivity contribution in [2.75, 3.05) is 30.4 Å². The zero-order chi connectivity index (χ0) is 14.6. The van der Waals surface area contributed by atoms with E-state index in [1.54, 1.807) is 12.3 Å².